The maximum Gasteiger partial charge on any atom is 0.241 e. The number of nitrogens with one attached hydrogen (secondary N) is 1. The van der Waals surface area contributed by atoms with E-state index in [1.54, 1.807) is 0 Å². The van der Waals surface area contributed by atoms with Gasteiger partial charge in [0.2, 0.25) is 23.6 Å². The van der Waals surface area contributed by atoms with Crippen LogP contribution < -0.4 is 11.1 Å². The highest BCUT2D eigenvalue weighted by atomic mass is 16.5. The number of nitrogen functional groups attached to an aromatic ring is 1. The summed E-state index contributed by atoms with van der Waals surface area (Å²) in [6.07, 6.45) is 0. The molecule has 2 aromatic heterocycles. The van der Waals surface area contributed by atoms with Gasteiger partial charge in [0.05, 0.1) is 12.6 Å². The van der Waals surface area contributed by atoms with E-state index < -0.39 is 0 Å². The first kappa shape index (κ1) is 22.9. The van der Waals surface area contributed by atoms with Crippen molar-refractivity contribution < 1.29 is 4.52 Å². The number of para-hydroxylation sites is 1. The van der Waals surface area contributed by atoms with Gasteiger partial charge >= 0.3 is 0 Å². The summed E-state index contributed by atoms with van der Waals surface area (Å²) in [5, 5.41) is 7.35. The lowest BCUT2D eigenvalue weighted by Crippen LogP contribution is -2.47. The van der Waals surface area contributed by atoms with Crippen molar-refractivity contribution in [3.05, 3.63) is 71.9 Å². The summed E-state index contributed by atoms with van der Waals surface area (Å²) in [5.41, 5.74) is 9.05. The summed E-state index contributed by atoms with van der Waals surface area (Å²) in [7, 11) is 0. The van der Waals surface area contributed by atoms with Gasteiger partial charge in [0.15, 0.2) is 5.82 Å². The van der Waals surface area contributed by atoms with Crippen molar-refractivity contribution in [2.24, 2.45) is 0 Å². The minimum absolute atomic E-state index is 0.00955. The highest BCUT2D eigenvalue weighted by molar-refractivity contribution is 5.54. The molecule has 4 aromatic rings. The van der Waals surface area contributed by atoms with Gasteiger partial charge in [-0.2, -0.15) is 19.9 Å². The fourth-order valence-corrected chi connectivity index (χ4v) is 4.11. The predicted molar refractivity (Wildman–Crippen MR) is 134 cm³/mol. The first-order valence-corrected chi connectivity index (χ1v) is 11.7. The third kappa shape index (κ3) is 5.61. The lowest BCUT2D eigenvalue weighted by atomic mass is 10.1. The Hall–Kier alpha value is -3.89. The van der Waals surface area contributed by atoms with Crippen molar-refractivity contribution >= 4 is 17.6 Å². The Morgan fingerprint density at radius 2 is 1.69 bits per heavy atom. The molecule has 3 N–H and O–H groups in total. The van der Waals surface area contributed by atoms with Crippen molar-refractivity contribution in [2.45, 2.75) is 26.4 Å². The van der Waals surface area contributed by atoms with Gasteiger partial charge in [-0.05, 0) is 26.0 Å². The summed E-state index contributed by atoms with van der Waals surface area (Å²) in [5.74, 6) is 2.57. The monoisotopic (exact) mass is 471 g/mol. The van der Waals surface area contributed by atoms with Gasteiger partial charge in [0.25, 0.3) is 0 Å². The van der Waals surface area contributed by atoms with E-state index in [0.29, 0.717) is 30.0 Å². The normalized spacial score (nSPS) is 15.7. The number of benzene rings is 2. The molecule has 10 heteroatoms. The van der Waals surface area contributed by atoms with E-state index in [9.17, 15) is 0 Å². The van der Waals surface area contributed by atoms with Crippen LogP contribution in [-0.4, -0.2) is 61.1 Å². The smallest absolute Gasteiger partial charge is 0.241 e. The average Bonchev–Trinajstić information content (AvgIpc) is 3.33. The van der Waals surface area contributed by atoms with E-state index in [2.05, 4.69) is 54.1 Å². The molecule has 1 saturated heterocycles. The van der Waals surface area contributed by atoms with Crippen molar-refractivity contribution in [1.29, 1.82) is 0 Å². The number of anilines is 3. The number of nitrogens with zero attached hydrogens (tertiary/aromatic N) is 7. The lowest BCUT2D eigenvalue weighted by Gasteiger charge is -2.36. The van der Waals surface area contributed by atoms with Gasteiger partial charge in [-0.15, -0.1) is 0 Å². The molecular formula is C25H29N9O. The molecule has 180 valence electrons. The molecule has 0 radical (unpaired) electrons. The van der Waals surface area contributed by atoms with Crippen molar-refractivity contribution in [3.8, 4) is 11.4 Å². The van der Waals surface area contributed by atoms with Gasteiger partial charge in [0, 0.05) is 37.4 Å². The predicted octanol–water partition coefficient (Wildman–Crippen LogP) is 3.43. The van der Waals surface area contributed by atoms with Gasteiger partial charge < -0.3 is 15.6 Å². The molecule has 0 unspecified atom stereocenters. The van der Waals surface area contributed by atoms with Crippen LogP contribution in [0.1, 0.15) is 30.2 Å². The third-order valence-corrected chi connectivity index (χ3v) is 6.16. The second kappa shape index (κ2) is 10.2. The number of rotatable bonds is 7. The number of aromatic nitrogens is 5. The minimum Gasteiger partial charge on any atom is -0.368 e. The Balaban J connectivity index is 1.18. The molecule has 0 bridgehead atoms. The van der Waals surface area contributed by atoms with Crippen LogP contribution in [0.4, 0.5) is 17.6 Å². The second-order valence-corrected chi connectivity index (χ2v) is 8.73. The second-order valence-electron chi connectivity index (χ2n) is 8.73. The number of piperazine rings is 1. The van der Waals surface area contributed by atoms with Crippen molar-refractivity contribution in [2.75, 3.05) is 37.2 Å². The Morgan fingerprint density at radius 3 is 2.43 bits per heavy atom. The van der Waals surface area contributed by atoms with Crippen molar-refractivity contribution in [3.63, 3.8) is 0 Å². The summed E-state index contributed by atoms with van der Waals surface area (Å²) in [6, 6.07) is 17.9. The zero-order valence-corrected chi connectivity index (χ0v) is 19.9. The van der Waals surface area contributed by atoms with Crippen LogP contribution >= 0.6 is 0 Å². The summed E-state index contributed by atoms with van der Waals surface area (Å²) >= 11 is 0. The Kier molecular flexibility index (Phi) is 6.64. The topological polar surface area (TPSA) is 122 Å². The lowest BCUT2D eigenvalue weighted by molar-refractivity contribution is 0.0877. The van der Waals surface area contributed by atoms with Crippen LogP contribution in [0, 0.1) is 6.92 Å². The SMILES string of the molecule is Cc1ccc(-c2noc(CN3CCN([C@@H](C)c4nc(N)nc(Nc5ccccc5)n4)CC3)n2)cc1. The molecule has 0 aliphatic carbocycles. The van der Waals surface area contributed by atoms with Crippen LogP contribution in [0.2, 0.25) is 0 Å². The summed E-state index contributed by atoms with van der Waals surface area (Å²) < 4.78 is 5.51. The van der Waals surface area contributed by atoms with Crippen molar-refractivity contribution in [1.82, 2.24) is 34.9 Å². The maximum atomic E-state index is 5.99. The minimum atomic E-state index is 0.00955. The fourth-order valence-electron chi connectivity index (χ4n) is 4.11. The molecule has 1 fully saturated rings. The van der Waals surface area contributed by atoms with E-state index in [0.717, 1.165) is 37.4 Å². The molecular weight excluding hydrogens is 442 g/mol. The van der Waals surface area contributed by atoms with Crippen LogP contribution in [0.5, 0.6) is 0 Å². The van der Waals surface area contributed by atoms with Gasteiger partial charge in [-0.1, -0.05) is 53.2 Å². The first-order chi connectivity index (χ1) is 17.0. The molecule has 35 heavy (non-hydrogen) atoms. The van der Waals surface area contributed by atoms with Crippen LogP contribution in [0.15, 0.2) is 59.1 Å². The van der Waals surface area contributed by atoms with Crippen LogP contribution in [-0.2, 0) is 6.54 Å². The molecule has 2 aromatic carbocycles. The molecule has 1 atom stereocenters. The molecule has 10 nitrogen and oxygen atoms in total. The first-order valence-electron chi connectivity index (χ1n) is 11.7. The number of aryl methyl sites for hydroxylation is 1. The number of hydrogen-bond acceptors (Lipinski definition) is 10. The number of nitrogens with two attached hydrogens (primary N) is 1. The highest BCUT2D eigenvalue weighted by Crippen LogP contribution is 2.22. The Morgan fingerprint density at radius 1 is 0.943 bits per heavy atom. The largest absolute Gasteiger partial charge is 0.368 e. The van der Waals surface area contributed by atoms with E-state index in [1.807, 2.05) is 54.6 Å². The molecule has 5 rings (SSSR count). The van der Waals surface area contributed by atoms with Gasteiger partial charge in [0.1, 0.15) is 0 Å². The van der Waals surface area contributed by atoms with E-state index in [1.165, 1.54) is 5.56 Å². The van der Waals surface area contributed by atoms with Crippen LogP contribution in [0.25, 0.3) is 11.4 Å². The van der Waals surface area contributed by atoms with Gasteiger partial charge in [-0.25, -0.2) is 0 Å². The zero-order chi connectivity index (χ0) is 24.2. The zero-order valence-electron chi connectivity index (χ0n) is 19.9. The van der Waals surface area contributed by atoms with E-state index in [-0.39, 0.29) is 12.0 Å². The molecule has 1 aliphatic rings. The Bertz CT molecular complexity index is 1250. The quantitative estimate of drug-likeness (QED) is 0.414. The third-order valence-electron chi connectivity index (χ3n) is 6.16. The fraction of sp³-hybridized carbons (Fsp3) is 0.320. The van der Waals surface area contributed by atoms with E-state index >= 15 is 0 Å². The van der Waals surface area contributed by atoms with E-state index in [4.69, 9.17) is 10.3 Å². The summed E-state index contributed by atoms with van der Waals surface area (Å²) in [4.78, 5) is 22.5. The molecule has 3 heterocycles. The Labute approximate surface area is 204 Å². The van der Waals surface area contributed by atoms with Crippen LogP contribution in [0.3, 0.4) is 0 Å². The highest BCUT2D eigenvalue weighted by Gasteiger charge is 2.25. The number of hydrogen-bond donors (Lipinski definition) is 2. The maximum absolute atomic E-state index is 5.99. The molecule has 0 saturated carbocycles. The standard InChI is InChI=1S/C25H29N9O/c1-17-8-10-19(11-9-17)23-28-21(35-32-23)16-33-12-14-34(15-13-33)18(2)22-29-24(26)31-25(30-22)27-20-6-4-3-5-7-20/h3-11,18H,12-16H2,1-2H3,(H3,26,27,29,30,31)/t18-/m0/s1. The van der Waals surface area contributed by atoms with Gasteiger partial charge in [-0.3, -0.25) is 9.80 Å². The molecule has 0 amide bonds. The molecule has 1 aliphatic heterocycles. The summed E-state index contributed by atoms with van der Waals surface area (Å²) in [6.45, 7) is 8.28. The average molecular weight is 472 g/mol. The molecule has 0 spiro atoms.